The van der Waals surface area contributed by atoms with Gasteiger partial charge in [0.25, 0.3) is 0 Å². The molecule has 1 saturated heterocycles. The Morgan fingerprint density at radius 1 is 1.50 bits per heavy atom. The van der Waals surface area contributed by atoms with E-state index in [1.165, 1.54) is 11.3 Å². The number of aromatic nitrogens is 1. The van der Waals surface area contributed by atoms with Crippen LogP contribution in [0.1, 0.15) is 6.42 Å². The molecule has 1 aliphatic rings. The highest BCUT2D eigenvalue weighted by molar-refractivity contribution is 7.22. The van der Waals surface area contributed by atoms with Crippen molar-refractivity contribution in [3.63, 3.8) is 0 Å². The zero-order valence-corrected chi connectivity index (χ0v) is 12.4. The van der Waals surface area contributed by atoms with E-state index >= 15 is 0 Å². The van der Waals surface area contributed by atoms with Gasteiger partial charge in [0, 0.05) is 19.0 Å². The van der Waals surface area contributed by atoms with Gasteiger partial charge in [-0.25, -0.2) is 4.98 Å². The van der Waals surface area contributed by atoms with Crippen LogP contribution in [0.5, 0.6) is 0 Å². The second-order valence-electron chi connectivity index (χ2n) is 4.47. The van der Waals surface area contributed by atoms with Crippen LogP contribution in [0.4, 0.5) is 5.13 Å². The molecule has 0 aliphatic carbocycles. The maximum Gasteiger partial charge on any atom is 0.227 e. The van der Waals surface area contributed by atoms with Gasteiger partial charge in [0.15, 0.2) is 5.13 Å². The molecule has 108 valence electrons. The van der Waals surface area contributed by atoms with Crippen molar-refractivity contribution in [1.82, 2.24) is 10.3 Å². The van der Waals surface area contributed by atoms with Gasteiger partial charge in [0.2, 0.25) is 5.91 Å². The van der Waals surface area contributed by atoms with E-state index in [1.807, 2.05) is 24.3 Å². The molecule has 2 heterocycles. The number of rotatable bonds is 3. The standard InChI is InChI=1S/C13H15N3O2S.ClH/c17-12(7-9-8-18-6-5-14-9)16-13-15-10-3-1-2-4-11(10)19-13;/h1-4,9,14H,5-8H2,(H,15,16,17);1H. The molecule has 2 aromatic rings. The van der Waals surface area contributed by atoms with Crippen LogP contribution in [0.2, 0.25) is 0 Å². The predicted octanol–water partition coefficient (Wildman–Crippen LogP) is 2.04. The third-order valence-corrected chi connectivity index (χ3v) is 3.92. The number of hydrogen-bond donors (Lipinski definition) is 2. The summed E-state index contributed by atoms with van der Waals surface area (Å²) in [6.07, 6.45) is 0.413. The number of hydrogen-bond acceptors (Lipinski definition) is 5. The number of carbonyl (C=O) groups is 1. The topological polar surface area (TPSA) is 63.2 Å². The second kappa shape index (κ2) is 6.99. The van der Waals surface area contributed by atoms with Crippen LogP contribution < -0.4 is 10.6 Å². The first-order valence-electron chi connectivity index (χ1n) is 6.28. The van der Waals surface area contributed by atoms with Gasteiger partial charge in [0.05, 0.1) is 23.4 Å². The summed E-state index contributed by atoms with van der Waals surface area (Å²) in [6, 6.07) is 7.95. The van der Waals surface area contributed by atoms with Crippen molar-refractivity contribution in [1.29, 1.82) is 0 Å². The molecule has 0 bridgehead atoms. The minimum Gasteiger partial charge on any atom is -0.378 e. The van der Waals surface area contributed by atoms with Crippen LogP contribution >= 0.6 is 23.7 Å². The Kier molecular flexibility index (Phi) is 5.31. The van der Waals surface area contributed by atoms with Gasteiger partial charge in [-0.2, -0.15) is 0 Å². The smallest absolute Gasteiger partial charge is 0.227 e. The Bertz CT molecular complexity index is 551. The van der Waals surface area contributed by atoms with E-state index in [4.69, 9.17) is 4.74 Å². The molecule has 1 aliphatic heterocycles. The van der Waals surface area contributed by atoms with E-state index in [0.29, 0.717) is 18.2 Å². The van der Waals surface area contributed by atoms with Gasteiger partial charge in [-0.3, -0.25) is 4.79 Å². The summed E-state index contributed by atoms with van der Waals surface area (Å²) in [5.41, 5.74) is 0.918. The highest BCUT2D eigenvalue weighted by Crippen LogP contribution is 2.25. The first kappa shape index (κ1) is 15.2. The minimum absolute atomic E-state index is 0. The van der Waals surface area contributed by atoms with Crippen molar-refractivity contribution in [2.24, 2.45) is 0 Å². The van der Waals surface area contributed by atoms with E-state index in [9.17, 15) is 4.79 Å². The van der Waals surface area contributed by atoms with Crippen molar-refractivity contribution in [3.05, 3.63) is 24.3 Å². The van der Waals surface area contributed by atoms with E-state index < -0.39 is 0 Å². The Balaban J connectivity index is 0.00000147. The lowest BCUT2D eigenvalue weighted by Gasteiger charge is -2.22. The Morgan fingerprint density at radius 2 is 2.35 bits per heavy atom. The van der Waals surface area contributed by atoms with E-state index in [-0.39, 0.29) is 24.4 Å². The van der Waals surface area contributed by atoms with Crippen molar-refractivity contribution in [3.8, 4) is 0 Å². The summed E-state index contributed by atoms with van der Waals surface area (Å²) in [4.78, 5) is 16.3. The fourth-order valence-corrected chi connectivity index (χ4v) is 2.95. The van der Waals surface area contributed by atoms with Gasteiger partial charge in [-0.05, 0) is 12.1 Å². The molecule has 1 unspecified atom stereocenters. The highest BCUT2D eigenvalue weighted by Gasteiger charge is 2.17. The molecule has 1 amide bonds. The molecule has 0 radical (unpaired) electrons. The van der Waals surface area contributed by atoms with E-state index in [2.05, 4.69) is 15.6 Å². The first-order chi connectivity index (χ1) is 9.31. The number of carbonyl (C=O) groups excluding carboxylic acids is 1. The number of para-hydroxylation sites is 1. The zero-order valence-electron chi connectivity index (χ0n) is 10.8. The Labute approximate surface area is 127 Å². The first-order valence-corrected chi connectivity index (χ1v) is 7.09. The molecule has 1 fully saturated rings. The lowest BCUT2D eigenvalue weighted by atomic mass is 10.2. The van der Waals surface area contributed by atoms with Crippen molar-refractivity contribution in [2.45, 2.75) is 12.5 Å². The van der Waals surface area contributed by atoms with Crippen LogP contribution in [0.3, 0.4) is 0 Å². The maximum absolute atomic E-state index is 11.9. The highest BCUT2D eigenvalue weighted by atomic mass is 35.5. The number of ether oxygens (including phenoxy) is 1. The van der Waals surface area contributed by atoms with Crippen LogP contribution in [-0.2, 0) is 9.53 Å². The fourth-order valence-electron chi connectivity index (χ4n) is 2.07. The third kappa shape index (κ3) is 3.67. The number of nitrogens with one attached hydrogen (secondary N) is 2. The summed E-state index contributed by atoms with van der Waals surface area (Å²) in [5, 5.41) is 6.77. The van der Waals surface area contributed by atoms with Crippen molar-refractivity contribution in [2.75, 3.05) is 25.1 Å². The fraction of sp³-hybridized carbons (Fsp3) is 0.385. The molecule has 0 saturated carbocycles. The number of nitrogens with zero attached hydrogens (tertiary/aromatic N) is 1. The van der Waals surface area contributed by atoms with Crippen LogP contribution in [-0.4, -0.2) is 36.7 Å². The van der Waals surface area contributed by atoms with Crippen molar-refractivity contribution < 1.29 is 9.53 Å². The molecule has 1 atom stereocenters. The number of thiazole rings is 1. The minimum atomic E-state index is -0.0259. The molecule has 5 nitrogen and oxygen atoms in total. The maximum atomic E-state index is 11.9. The second-order valence-corrected chi connectivity index (χ2v) is 5.50. The summed E-state index contributed by atoms with van der Waals surface area (Å²) >= 11 is 1.49. The van der Waals surface area contributed by atoms with Crippen LogP contribution in [0.15, 0.2) is 24.3 Å². The largest absolute Gasteiger partial charge is 0.378 e. The Hall–Kier alpha value is -1.21. The molecule has 1 aromatic carbocycles. The number of benzene rings is 1. The van der Waals surface area contributed by atoms with Gasteiger partial charge in [0.1, 0.15) is 0 Å². The lowest BCUT2D eigenvalue weighted by Crippen LogP contribution is -2.43. The molecule has 3 rings (SSSR count). The summed E-state index contributed by atoms with van der Waals surface area (Å²) in [6.45, 7) is 2.11. The molecule has 7 heteroatoms. The average molecular weight is 314 g/mol. The number of amides is 1. The normalized spacial score (nSPS) is 18.5. The van der Waals surface area contributed by atoms with Crippen LogP contribution in [0.25, 0.3) is 10.2 Å². The SMILES string of the molecule is Cl.O=C(CC1COCCN1)Nc1nc2ccccc2s1. The quantitative estimate of drug-likeness (QED) is 0.910. The molecular formula is C13H16ClN3O2S. The lowest BCUT2D eigenvalue weighted by molar-refractivity contribution is -0.117. The zero-order chi connectivity index (χ0) is 13.1. The molecule has 0 spiro atoms. The van der Waals surface area contributed by atoms with Gasteiger partial charge in [-0.1, -0.05) is 23.5 Å². The summed E-state index contributed by atoms with van der Waals surface area (Å²) < 4.78 is 6.41. The third-order valence-electron chi connectivity index (χ3n) is 2.97. The summed E-state index contributed by atoms with van der Waals surface area (Å²) in [5.74, 6) is -0.0259. The Morgan fingerprint density at radius 3 is 3.10 bits per heavy atom. The number of halogens is 1. The monoisotopic (exact) mass is 313 g/mol. The van der Waals surface area contributed by atoms with E-state index in [1.54, 1.807) is 0 Å². The van der Waals surface area contributed by atoms with Gasteiger partial charge >= 0.3 is 0 Å². The number of fused-ring (bicyclic) bond motifs is 1. The molecule has 20 heavy (non-hydrogen) atoms. The van der Waals surface area contributed by atoms with E-state index in [0.717, 1.165) is 23.4 Å². The average Bonchev–Trinajstić information content (AvgIpc) is 2.81. The van der Waals surface area contributed by atoms with Crippen LogP contribution in [0, 0.1) is 0 Å². The van der Waals surface area contributed by atoms with Gasteiger partial charge in [-0.15, -0.1) is 12.4 Å². The number of anilines is 1. The molecule has 1 aromatic heterocycles. The van der Waals surface area contributed by atoms with Gasteiger partial charge < -0.3 is 15.4 Å². The van der Waals surface area contributed by atoms with Crippen molar-refractivity contribution >= 4 is 45.0 Å². The summed E-state index contributed by atoms with van der Waals surface area (Å²) in [7, 11) is 0. The molecular weight excluding hydrogens is 298 g/mol. The predicted molar refractivity (Wildman–Crippen MR) is 82.7 cm³/mol. The number of morpholine rings is 1. The molecule has 2 N–H and O–H groups in total.